The summed E-state index contributed by atoms with van der Waals surface area (Å²) >= 11 is 0. The van der Waals surface area contributed by atoms with E-state index in [2.05, 4.69) is 36.1 Å². The van der Waals surface area contributed by atoms with Crippen molar-refractivity contribution < 1.29 is 17.6 Å². The van der Waals surface area contributed by atoms with Gasteiger partial charge in [-0.15, -0.1) is 0 Å². The fourth-order valence-corrected chi connectivity index (χ4v) is 3.88. The number of para-hydroxylation sites is 1. The Morgan fingerprint density at radius 2 is 1.89 bits per heavy atom. The van der Waals surface area contributed by atoms with Crippen LogP contribution in [0.5, 0.6) is 0 Å². The predicted octanol–water partition coefficient (Wildman–Crippen LogP) is 4.17. The summed E-state index contributed by atoms with van der Waals surface area (Å²) in [5.41, 5.74) is 6.76. The number of nitrogens with zero attached hydrogens (tertiary/aromatic N) is 8. The quantitative estimate of drug-likeness (QED) is 0.171. The van der Waals surface area contributed by atoms with E-state index in [9.17, 15) is 22.8 Å². The fraction of sp³-hybridized carbons (Fsp3) is 0.174. The summed E-state index contributed by atoms with van der Waals surface area (Å²) in [4.78, 5) is 19.2. The van der Waals surface area contributed by atoms with Gasteiger partial charge >= 0.3 is 6.18 Å². The molecule has 0 saturated heterocycles. The average molecular weight is 510 g/mol. The first-order valence-corrected chi connectivity index (χ1v) is 10.7. The molecule has 188 valence electrons. The molecule has 4 aromatic rings. The molecule has 4 rings (SSSR count). The highest BCUT2D eigenvalue weighted by molar-refractivity contribution is 6.33. The lowest BCUT2D eigenvalue weighted by molar-refractivity contribution is -0.144. The smallest absolute Gasteiger partial charge is 0.383 e. The molecule has 0 amide bonds. The molecule has 0 aliphatic carbocycles. The summed E-state index contributed by atoms with van der Waals surface area (Å²) in [7, 11) is 0. The largest absolute Gasteiger partial charge is 0.451 e. The summed E-state index contributed by atoms with van der Waals surface area (Å²) in [6.45, 7) is 1.78. The van der Waals surface area contributed by atoms with Crippen LogP contribution in [0.1, 0.15) is 30.9 Å². The zero-order chi connectivity index (χ0) is 26.7. The molecule has 0 spiro atoms. The van der Waals surface area contributed by atoms with Crippen molar-refractivity contribution in [3.05, 3.63) is 60.3 Å². The van der Waals surface area contributed by atoms with Crippen LogP contribution in [0.2, 0.25) is 0 Å². The number of nitriles is 1. The van der Waals surface area contributed by atoms with Gasteiger partial charge in [-0.1, -0.05) is 19.1 Å². The minimum atomic E-state index is -4.75. The maximum absolute atomic E-state index is 14.1. The van der Waals surface area contributed by atoms with E-state index in [1.807, 2.05) is 0 Å². The van der Waals surface area contributed by atoms with Gasteiger partial charge in [-0.05, 0) is 18.6 Å². The third-order valence-electron chi connectivity index (χ3n) is 5.49. The Morgan fingerprint density at radius 3 is 2.49 bits per heavy atom. The van der Waals surface area contributed by atoms with E-state index < -0.39 is 23.9 Å². The molecule has 0 fully saturated rings. The first-order valence-electron chi connectivity index (χ1n) is 10.7. The number of anilines is 1. The van der Waals surface area contributed by atoms with Crippen molar-refractivity contribution in [2.75, 3.05) is 5.73 Å². The molecule has 3 aromatic heterocycles. The van der Waals surface area contributed by atoms with E-state index in [-0.39, 0.29) is 45.1 Å². The number of fused-ring (bicyclic) bond motifs is 1. The van der Waals surface area contributed by atoms with Crippen LogP contribution in [-0.2, 0) is 6.18 Å². The van der Waals surface area contributed by atoms with E-state index in [4.69, 9.17) is 11.6 Å². The van der Waals surface area contributed by atoms with Crippen LogP contribution in [0.15, 0.2) is 53.1 Å². The molecule has 0 saturated carbocycles. The van der Waals surface area contributed by atoms with Gasteiger partial charge in [-0.2, -0.15) is 23.5 Å². The van der Waals surface area contributed by atoms with Crippen LogP contribution >= 0.6 is 0 Å². The normalized spacial score (nSPS) is 13.2. The monoisotopic (exact) mass is 510 g/mol. The lowest BCUT2D eigenvalue weighted by atomic mass is 10.1. The molecule has 1 atom stereocenters. The van der Waals surface area contributed by atoms with E-state index in [0.29, 0.717) is 6.42 Å². The Morgan fingerprint density at radius 1 is 1.19 bits per heavy atom. The Labute approximate surface area is 207 Å². The molecule has 0 bridgehead atoms. The molecule has 10 nitrogen and oxygen atoms in total. The number of nitrogen functional groups attached to an aromatic ring is 1. The third-order valence-corrected chi connectivity index (χ3v) is 5.49. The van der Waals surface area contributed by atoms with Crippen molar-refractivity contribution >= 4 is 34.5 Å². The highest BCUT2D eigenvalue weighted by atomic mass is 19.4. The molecule has 0 radical (unpaired) electrons. The van der Waals surface area contributed by atoms with Crippen LogP contribution in [0.4, 0.5) is 29.1 Å². The van der Waals surface area contributed by atoms with Crippen LogP contribution in [0.3, 0.4) is 0 Å². The summed E-state index contributed by atoms with van der Waals surface area (Å²) in [6.07, 6.45) is -0.0804. The average Bonchev–Trinajstić information content (AvgIpc) is 3.22. The fourth-order valence-electron chi connectivity index (χ4n) is 3.88. The maximum atomic E-state index is 14.1. The number of hydrogen-bond acceptors (Lipinski definition) is 9. The molecule has 37 heavy (non-hydrogen) atoms. The van der Waals surface area contributed by atoms with E-state index in [1.165, 1.54) is 35.3 Å². The van der Waals surface area contributed by atoms with Crippen molar-refractivity contribution in [1.29, 1.82) is 5.26 Å². The molecule has 1 aromatic carbocycles. The zero-order valence-corrected chi connectivity index (χ0v) is 19.1. The number of rotatable bonds is 6. The van der Waals surface area contributed by atoms with Gasteiger partial charge in [0, 0.05) is 23.5 Å². The number of halogens is 4. The first-order chi connectivity index (χ1) is 17.7. The van der Waals surface area contributed by atoms with Gasteiger partial charge in [-0.3, -0.25) is 4.99 Å². The molecule has 1 unspecified atom stereocenters. The van der Waals surface area contributed by atoms with E-state index >= 15 is 0 Å². The first kappa shape index (κ1) is 25.2. The van der Waals surface area contributed by atoms with Crippen LogP contribution < -0.4 is 11.6 Å². The number of benzene rings is 1. The Hall–Kier alpha value is -4.93. The maximum Gasteiger partial charge on any atom is 0.451 e. The summed E-state index contributed by atoms with van der Waals surface area (Å²) in [5.74, 6) is 3.74. The molecule has 4 N–H and O–H groups in total. The lowest BCUT2D eigenvalue weighted by Gasteiger charge is -2.18. The van der Waals surface area contributed by atoms with Gasteiger partial charge in [0.25, 0.3) is 0 Å². The van der Waals surface area contributed by atoms with Crippen molar-refractivity contribution in [3.63, 3.8) is 0 Å². The summed E-state index contributed by atoms with van der Waals surface area (Å²) < 4.78 is 54.6. The van der Waals surface area contributed by atoms with Crippen molar-refractivity contribution in [2.24, 2.45) is 15.9 Å². The van der Waals surface area contributed by atoms with E-state index in [0.717, 1.165) is 12.4 Å². The second kappa shape index (κ2) is 9.97. The number of hydrogen-bond donors (Lipinski definition) is 2. The lowest BCUT2D eigenvalue weighted by Crippen LogP contribution is -2.23. The van der Waals surface area contributed by atoms with Crippen LogP contribution in [0.25, 0.3) is 22.2 Å². The predicted molar refractivity (Wildman–Crippen MR) is 128 cm³/mol. The second-order valence-electron chi connectivity index (χ2n) is 7.64. The molecular weight excluding hydrogens is 492 g/mol. The number of alkyl halides is 3. The topological polar surface area (TPSA) is 157 Å². The molecule has 3 heterocycles. The molecule has 0 aliphatic heterocycles. The minimum absolute atomic E-state index is 0.0159. The number of hydrazone groups is 1. The highest BCUT2D eigenvalue weighted by Gasteiger charge is 2.35. The number of aromatic nitrogens is 5. The van der Waals surface area contributed by atoms with E-state index in [1.54, 1.807) is 13.0 Å². The highest BCUT2D eigenvalue weighted by Crippen LogP contribution is 2.39. The second-order valence-corrected chi connectivity index (χ2v) is 7.64. The number of nitrogens with two attached hydrogens (primary N) is 2. The van der Waals surface area contributed by atoms with Crippen molar-refractivity contribution in [2.45, 2.75) is 25.6 Å². The molecular formula is C23H18F4N10. The van der Waals surface area contributed by atoms with Gasteiger partial charge in [0.15, 0.2) is 0 Å². The van der Waals surface area contributed by atoms with Gasteiger partial charge in [-0.25, -0.2) is 24.3 Å². The van der Waals surface area contributed by atoms with Crippen LogP contribution in [0, 0.1) is 17.1 Å². The van der Waals surface area contributed by atoms with Gasteiger partial charge in [0.1, 0.15) is 41.1 Å². The molecule has 14 heteroatoms. The SMILES string of the molecule is CCC(C(C=Nc1ccccc1F)=NN)n1c(C#N)c(-c2cnc(C(F)(F)F)nc2)c2c(N)ncnc21. The molecule has 0 aliphatic rings. The van der Waals surface area contributed by atoms with Gasteiger partial charge in [0.05, 0.1) is 23.3 Å². The Balaban J connectivity index is 1.92. The van der Waals surface area contributed by atoms with Crippen LogP contribution in [-0.4, -0.2) is 36.4 Å². The van der Waals surface area contributed by atoms with Crippen molar-refractivity contribution in [3.8, 4) is 17.2 Å². The van der Waals surface area contributed by atoms with Gasteiger partial charge in [0.2, 0.25) is 5.82 Å². The van der Waals surface area contributed by atoms with Crippen molar-refractivity contribution in [1.82, 2.24) is 24.5 Å². The third kappa shape index (κ3) is 4.66. The Kier molecular flexibility index (Phi) is 6.79. The summed E-state index contributed by atoms with van der Waals surface area (Å²) in [6, 6.07) is 7.15. The minimum Gasteiger partial charge on any atom is -0.383 e. The standard InChI is InChI=1S/C23H18F4N10/c1-2-16(15(36-30)10-31-14-6-4-3-5-13(14)24)37-17(7-28)18(19-20(29)34-11-35-21(19)37)12-8-32-22(33-9-12)23(25,26)27/h3-6,8-11,16H,2,30H2,1H3,(H2,29,34,35). The van der Waals surface area contributed by atoms with Gasteiger partial charge < -0.3 is 16.1 Å². The zero-order valence-electron chi connectivity index (χ0n) is 19.1. The summed E-state index contributed by atoms with van der Waals surface area (Å²) in [5, 5.41) is 14.2. The Bertz CT molecular complexity index is 1550. The number of aliphatic imine (C=N–C) groups is 1.